The number of nitrogens with two attached hydrogens (primary N) is 1. The van der Waals surface area contributed by atoms with Crippen molar-refractivity contribution in [3.63, 3.8) is 0 Å². The molecular weight excluding hydrogens is 408 g/mol. The summed E-state index contributed by atoms with van der Waals surface area (Å²) in [6.07, 6.45) is 6.38. The van der Waals surface area contributed by atoms with E-state index in [0.29, 0.717) is 6.04 Å². The molecule has 0 amide bonds. The summed E-state index contributed by atoms with van der Waals surface area (Å²) in [5.74, 6) is 0.754. The van der Waals surface area contributed by atoms with Crippen LogP contribution in [0.5, 0.6) is 0 Å². The first-order valence-electron chi connectivity index (χ1n) is 10.8. The van der Waals surface area contributed by atoms with Crippen molar-refractivity contribution in [3.8, 4) is 22.6 Å². The van der Waals surface area contributed by atoms with Crippen molar-refractivity contribution in [1.82, 2.24) is 24.7 Å². The van der Waals surface area contributed by atoms with Gasteiger partial charge in [0.05, 0.1) is 0 Å². The molecule has 3 aromatic heterocycles. The van der Waals surface area contributed by atoms with Crippen LogP contribution in [0.1, 0.15) is 62.0 Å². The second-order valence-electron chi connectivity index (χ2n) is 8.62. The molecule has 0 spiro atoms. The maximum absolute atomic E-state index is 6.39. The molecule has 6 nitrogen and oxygen atoms in total. The number of rotatable bonds is 3. The van der Waals surface area contributed by atoms with Gasteiger partial charge in [-0.1, -0.05) is 24.6 Å². The lowest BCUT2D eigenvalue weighted by atomic mass is 9.94. The van der Waals surface area contributed by atoms with Gasteiger partial charge in [-0.05, 0) is 68.9 Å². The second kappa shape index (κ2) is 8.44. The fourth-order valence-electron chi connectivity index (χ4n) is 4.58. The lowest BCUT2D eigenvalue weighted by Crippen LogP contribution is -2.10. The zero-order valence-corrected chi connectivity index (χ0v) is 19.0. The van der Waals surface area contributed by atoms with E-state index in [9.17, 15) is 0 Å². The van der Waals surface area contributed by atoms with E-state index >= 15 is 0 Å². The number of hydrogen-bond donors (Lipinski definition) is 2. The highest BCUT2D eigenvalue weighted by Gasteiger charge is 2.18. The highest BCUT2D eigenvalue weighted by molar-refractivity contribution is 5.91. The lowest BCUT2D eigenvalue weighted by molar-refractivity contribution is 0.520. The predicted molar refractivity (Wildman–Crippen MR) is 127 cm³/mol. The summed E-state index contributed by atoms with van der Waals surface area (Å²) in [7, 11) is 0. The maximum Gasteiger partial charge on any atom is 0.160 e. The molecule has 31 heavy (non-hydrogen) atoms. The Balaban J connectivity index is 0.00000231. The molecule has 0 saturated carbocycles. The fourth-order valence-corrected chi connectivity index (χ4v) is 4.58. The number of hydrogen-bond acceptors (Lipinski definition) is 4. The Morgan fingerprint density at radius 1 is 1.16 bits per heavy atom. The summed E-state index contributed by atoms with van der Waals surface area (Å²) in [6.45, 7) is 6.34. The Morgan fingerprint density at radius 2 is 2.00 bits per heavy atom. The molecule has 0 radical (unpaired) electrons. The summed E-state index contributed by atoms with van der Waals surface area (Å²) in [4.78, 5) is 12.8. The summed E-state index contributed by atoms with van der Waals surface area (Å²) in [5, 5.41) is 4.73. The van der Waals surface area contributed by atoms with Crippen LogP contribution in [-0.4, -0.2) is 24.7 Å². The molecular formula is C24H29ClN6. The molecule has 7 heteroatoms. The zero-order chi connectivity index (χ0) is 20.8. The molecule has 162 valence electrons. The quantitative estimate of drug-likeness (QED) is 0.413. The summed E-state index contributed by atoms with van der Waals surface area (Å²) in [5.41, 5.74) is 14.9. The molecule has 1 aliphatic carbocycles. The fraction of sp³-hybridized carbons (Fsp3) is 0.375. The Kier molecular flexibility index (Phi) is 5.86. The van der Waals surface area contributed by atoms with Gasteiger partial charge in [0.1, 0.15) is 11.2 Å². The number of aryl methyl sites for hydroxylation is 2. The molecule has 4 aromatic rings. The average Bonchev–Trinajstić information content (AvgIpc) is 3.29. The molecule has 0 fully saturated rings. The zero-order valence-electron chi connectivity index (χ0n) is 18.2. The standard InChI is InChI=1S/C24H28N6.ClH/c1-14(2)30-15(3)12-21(29-30)23-27-22-19(10-11-26-24(22)28-23)17-8-9-18-16(13-17)6-4-5-7-20(18)25;/h8-14,20H,4-7,25H2,1-3H3,(H,26,27,28);1H. The summed E-state index contributed by atoms with van der Waals surface area (Å²) < 4.78 is 2.02. The predicted octanol–water partition coefficient (Wildman–Crippen LogP) is 5.53. The SMILES string of the molecule is Cc1cc(-c2nc3c(-c4ccc5c(c4)CCCCC5N)ccnc3[nH]2)nn1C(C)C.Cl. The average molecular weight is 437 g/mol. The van der Waals surface area contributed by atoms with E-state index in [2.05, 4.69) is 55.0 Å². The van der Waals surface area contributed by atoms with Gasteiger partial charge in [-0.25, -0.2) is 9.97 Å². The smallest absolute Gasteiger partial charge is 0.160 e. The van der Waals surface area contributed by atoms with Gasteiger partial charge < -0.3 is 10.7 Å². The van der Waals surface area contributed by atoms with E-state index in [-0.39, 0.29) is 18.4 Å². The third kappa shape index (κ3) is 3.86. The molecule has 0 saturated heterocycles. The van der Waals surface area contributed by atoms with Crippen LogP contribution >= 0.6 is 12.4 Å². The van der Waals surface area contributed by atoms with Crippen molar-refractivity contribution in [3.05, 3.63) is 53.3 Å². The Labute approximate surface area is 188 Å². The van der Waals surface area contributed by atoms with Crippen LogP contribution in [0.4, 0.5) is 0 Å². The third-order valence-electron chi connectivity index (χ3n) is 6.10. The van der Waals surface area contributed by atoms with Crippen molar-refractivity contribution in [2.24, 2.45) is 5.73 Å². The highest BCUT2D eigenvalue weighted by Crippen LogP contribution is 2.33. The Hall–Kier alpha value is -2.70. The first kappa shape index (κ1) is 21.5. The van der Waals surface area contributed by atoms with Crippen LogP contribution in [0.2, 0.25) is 0 Å². The van der Waals surface area contributed by atoms with E-state index in [0.717, 1.165) is 52.3 Å². The van der Waals surface area contributed by atoms with Crippen molar-refractivity contribution in [2.75, 3.05) is 0 Å². The van der Waals surface area contributed by atoms with E-state index in [1.165, 1.54) is 24.0 Å². The summed E-state index contributed by atoms with van der Waals surface area (Å²) in [6, 6.07) is 11.2. The van der Waals surface area contributed by atoms with Gasteiger partial charge in [0.25, 0.3) is 0 Å². The topological polar surface area (TPSA) is 85.4 Å². The molecule has 1 aliphatic rings. The highest BCUT2D eigenvalue weighted by atomic mass is 35.5. The van der Waals surface area contributed by atoms with Gasteiger partial charge in [-0.2, -0.15) is 5.10 Å². The van der Waals surface area contributed by atoms with Crippen LogP contribution in [0.25, 0.3) is 33.8 Å². The van der Waals surface area contributed by atoms with Gasteiger partial charge in [0.15, 0.2) is 11.5 Å². The minimum Gasteiger partial charge on any atom is -0.324 e. The van der Waals surface area contributed by atoms with Gasteiger partial charge in [0, 0.05) is 29.5 Å². The number of nitrogens with one attached hydrogen (secondary N) is 1. The number of aromatic nitrogens is 5. The van der Waals surface area contributed by atoms with E-state index in [4.69, 9.17) is 15.8 Å². The Morgan fingerprint density at radius 3 is 2.77 bits per heavy atom. The maximum atomic E-state index is 6.39. The van der Waals surface area contributed by atoms with E-state index < -0.39 is 0 Å². The number of benzene rings is 1. The minimum atomic E-state index is 0. The summed E-state index contributed by atoms with van der Waals surface area (Å²) >= 11 is 0. The molecule has 3 N–H and O–H groups in total. The van der Waals surface area contributed by atoms with Gasteiger partial charge in [-0.15, -0.1) is 12.4 Å². The van der Waals surface area contributed by atoms with Crippen molar-refractivity contribution in [2.45, 2.75) is 58.5 Å². The Bertz CT molecular complexity index is 1220. The van der Waals surface area contributed by atoms with Crippen molar-refractivity contribution >= 4 is 23.6 Å². The largest absolute Gasteiger partial charge is 0.324 e. The van der Waals surface area contributed by atoms with Crippen LogP contribution < -0.4 is 5.73 Å². The van der Waals surface area contributed by atoms with Crippen LogP contribution in [0, 0.1) is 6.92 Å². The number of fused-ring (bicyclic) bond motifs is 2. The number of nitrogens with zero attached hydrogens (tertiary/aromatic N) is 4. The normalized spacial score (nSPS) is 16.2. The number of H-pyrrole nitrogens is 1. The molecule has 0 aliphatic heterocycles. The molecule has 1 unspecified atom stereocenters. The molecule has 0 bridgehead atoms. The number of imidazole rings is 1. The van der Waals surface area contributed by atoms with Crippen molar-refractivity contribution in [1.29, 1.82) is 0 Å². The molecule has 3 heterocycles. The van der Waals surface area contributed by atoms with Gasteiger partial charge >= 0.3 is 0 Å². The second-order valence-corrected chi connectivity index (χ2v) is 8.62. The first-order chi connectivity index (χ1) is 14.5. The molecule has 1 aromatic carbocycles. The van der Waals surface area contributed by atoms with Gasteiger partial charge in [-0.3, -0.25) is 4.68 Å². The van der Waals surface area contributed by atoms with Crippen LogP contribution in [0.3, 0.4) is 0 Å². The number of aromatic amines is 1. The lowest BCUT2D eigenvalue weighted by Gasteiger charge is -2.14. The first-order valence-corrected chi connectivity index (χ1v) is 10.8. The minimum absolute atomic E-state index is 0. The third-order valence-corrected chi connectivity index (χ3v) is 6.10. The van der Waals surface area contributed by atoms with Crippen LogP contribution in [-0.2, 0) is 6.42 Å². The van der Waals surface area contributed by atoms with E-state index in [1.54, 1.807) is 0 Å². The number of halogens is 1. The van der Waals surface area contributed by atoms with Crippen molar-refractivity contribution < 1.29 is 0 Å². The van der Waals surface area contributed by atoms with Crippen LogP contribution in [0.15, 0.2) is 36.5 Å². The molecule has 1 atom stereocenters. The molecule has 5 rings (SSSR count). The van der Waals surface area contributed by atoms with E-state index in [1.807, 2.05) is 16.9 Å². The van der Waals surface area contributed by atoms with Gasteiger partial charge in [0.2, 0.25) is 0 Å². The monoisotopic (exact) mass is 436 g/mol. The number of pyridine rings is 1.